The highest BCUT2D eigenvalue weighted by atomic mass is 32.2. The maximum absolute atomic E-state index is 6.23. The Kier molecular flexibility index (Phi) is 4.66. The molecule has 0 radical (unpaired) electrons. The summed E-state index contributed by atoms with van der Waals surface area (Å²) in [7, 11) is 0. The lowest BCUT2D eigenvalue weighted by Gasteiger charge is -2.53. The van der Waals surface area contributed by atoms with Gasteiger partial charge in [0.15, 0.2) is 0 Å². The number of rotatable bonds is 3. The highest BCUT2D eigenvalue weighted by Gasteiger charge is 2.44. The molecule has 2 N–H and O–H groups in total. The maximum Gasteiger partial charge on any atom is 0.0337 e. The fourth-order valence-corrected chi connectivity index (χ4v) is 5.11. The fraction of sp³-hybridized carbons (Fsp3) is 1.00. The van der Waals surface area contributed by atoms with Gasteiger partial charge in [0, 0.05) is 36.2 Å². The zero-order valence-electron chi connectivity index (χ0n) is 12.4. The van der Waals surface area contributed by atoms with E-state index >= 15 is 0 Å². The molecule has 0 aromatic heterocycles. The second kappa shape index (κ2) is 5.72. The molecule has 0 aromatic carbocycles. The van der Waals surface area contributed by atoms with E-state index in [1.54, 1.807) is 0 Å². The minimum Gasteiger partial charge on any atom is -0.329 e. The minimum absolute atomic E-state index is 0.302. The summed E-state index contributed by atoms with van der Waals surface area (Å²) in [6, 6.07) is 0. The summed E-state index contributed by atoms with van der Waals surface area (Å²) in [5.74, 6) is 1.29. The van der Waals surface area contributed by atoms with Crippen molar-refractivity contribution in [2.45, 2.75) is 63.7 Å². The van der Waals surface area contributed by atoms with Gasteiger partial charge in [-0.2, -0.15) is 11.8 Å². The third-order valence-corrected chi connectivity index (χ3v) is 6.32. The van der Waals surface area contributed by atoms with Crippen molar-refractivity contribution in [3.8, 4) is 0 Å². The van der Waals surface area contributed by atoms with Gasteiger partial charge in [0.1, 0.15) is 0 Å². The monoisotopic (exact) mass is 270 g/mol. The molecule has 2 fully saturated rings. The number of nitrogens with zero attached hydrogens (tertiary/aromatic N) is 1. The van der Waals surface area contributed by atoms with E-state index in [1.807, 2.05) is 0 Å². The first-order valence-electron chi connectivity index (χ1n) is 7.58. The van der Waals surface area contributed by atoms with Crippen LogP contribution in [0.4, 0.5) is 0 Å². The molecule has 18 heavy (non-hydrogen) atoms. The van der Waals surface area contributed by atoms with Crippen LogP contribution >= 0.6 is 11.8 Å². The van der Waals surface area contributed by atoms with E-state index in [9.17, 15) is 0 Å². The zero-order valence-corrected chi connectivity index (χ0v) is 13.2. The van der Waals surface area contributed by atoms with Crippen LogP contribution in [0.5, 0.6) is 0 Å². The largest absolute Gasteiger partial charge is 0.329 e. The third-order valence-electron chi connectivity index (χ3n) is 4.95. The van der Waals surface area contributed by atoms with Gasteiger partial charge in [0.25, 0.3) is 0 Å². The highest BCUT2D eigenvalue weighted by Crippen LogP contribution is 2.44. The SMILES string of the molecule is CCC1CN(C2(CN)CCCC(C)(C)C2)CCS1. The van der Waals surface area contributed by atoms with Crippen LogP contribution in [0.1, 0.15) is 52.9 Å². The molecule has 1 saturated heterocycles. The second-order valence-electron chi connectivity index (χ2n) is 6.97. The molecule has 2 aliphatic rings. The van der Waals surface area contributed by atoms with Gasteiger partial charge in [-0.1, -0.05) is 27.2 Å². The molecule has 0 bridgehead atoms. The Hall–Kier alpha value is 0.270. The van der Waals surface area contributed by atoms with E-state index in [-0.39, 0.29) is 0 Å². The van der Waals surface area contributed by atoms with Crippen molar-refractivity contribution in [3.63, 3.8) is 0 Å². The lowest BCUT2D eigenvalue weighted by Crippen LogP contribution is -2.60. The molecule has 1 aliphatic carbocycles. The molecular weight excluding hydrogens is 240 g/mol. The summed E-state index contributed by atoms with van der Waals surface area (Å²) in [5.41, 5.74) is 7.01. The maximum atomic E-state index is 6.23. The Labute approximate surface area is 117 Å². The number of hydrogen-bond donors (Lipinski definition) is 1. The smallest absolute Gasteiger partial charge is 0.0337 e. The van der Waals surface area contributed by atoms with Gasteiger partial charge in [0.05, 0.1) is 0 Å². The standard InChI is InChI=1S/C15H30N2S/c1-4-13-10-17(8-9-18-13)15(12-16)7-5-6-14(2,3)11-15/h13H,4-12,16H2,1-3H3. The van der Waals surface area contributed by atoms with Crippen LogP contribution in [-0.4, -0.2) is 41.1 Å². The van der Waals surface area contributed by atoms with Crippen molar-refractivity contribution < 1.29 is 0 Å². The molecule has 2 unspecified atom stereocenters. The predicted molar refractivity (Wildman–Crippen MR) is 82.1 cm³/mol. The van der Waals surface area contributed by atoms with E-state index in [0.29, 0.717) is 11.0 Å². The summed E-state index contributed by atoms with van der Waals surface area (Å²) in [6.45, 7) is 10.5. The third kappa shape index (κ3) is 3.05. The Bertz CT molecular complexity index is 280. The number of hydrogen-bond acceptors (Lipinski definition) is 3. The van der Waals surface area contributed by atoms with Gasteiger partial charge < -0.3 is 5.73 Å². The average Bonchev–Trinajstić information content (AvgIpc) is 2.37. The summed E-state index contributed by atoms with van der Waals surface area (Å²) in [5, 5.41) is 0.826. The van der Waals surface area contributed by atoms with Gasteiger partial charge in [0.2, 0.25) is 0 Å². The van der Waals surface area contributed by atoms with Crippen LogP contribution in [0.25, 0.3) is 0 Å². The molecule has 0 amide bonds. The molecule has 1 saturated carbocycles. The van der Waals surface area contributed by atoms with E-state index in [4.69, 9.17) is 5.73 Å². The predicted octanol–water partition coefficient (Wildman–Crippen LogP) is 3.11. The van der Waals surface area contributed by atoms with Gasteiger partial charge in [-0.05, 0) is 31.1 Å². The highest BCUT2D eigenvalue weighted by molar-refractivity contribution is 8.00. The normalized spacial score (nSPS) is 37.7. The van der Waals surface area contributed by atoms with Crippen LogP contribution in [0, 0.1) is 5.41 Å². The van der Waals surface area contributed by atoms with Crippen LogP contribution in [0.15, 0.2) is 0 Å². The summed E-state index contributed by atoms with van der Waals surface area (Å²) >= 11 is 2.16. The van der Waals surface area contributed by atoms with Gasteiger partial charge in [-0.25, -0.2) is 0 Å². The first-order chi connectivity index (χ1) is 8.51. The second-order valence-corrected chi connectivity index (χ2v) is 8.38. The molecule has 1 heterocycles. The molecule has 3 heteroatoms. The first-order valence-corrected chi connectivity index (χ1v) is 8.63. The van der Waals surface area contributed by atoms with Crippen molar-refractivity contribution >= 4 is 11.8 Å². The molecule has 2 atom stereocenters. The van der Waals surface area contributed by atoms with Gasteiger partial charge >= 0.3 is 0 Å². The van der Waals surface area contributed by atoms with E-state index in [2.05, 4.69) is 37.4 Å². The van der Waals surface area contributed by atoms with Crippen LogP contribution < -0.4 is 5.73 Å². The molecule has 2 rings (SSSR count). The van der Waals surface area contributed by atoms with Crippen LogP contribution in [0.3, 0.4) is 0 Å². The van der Waals surface area contributed by atoms with Crippen molar-refractivity contribution in [2.75, 3.05) is 25.4 Å². The Morgan fingerprint density at radius 2 is 2.11 bits per heavy atom. The first kappa shape index (κ1) is 14.7. The molecule has 106 valence electrons. The van der Waals surface area contributed by atoms with Crippen molar-refractivity contribution in [1.82, 2.24) is 4.90 Å². The Morgan fingerprint density at radius 3 is 2.72 bits per heavy atom. The molecular formula is C15H30N2S. The van der Waals surface area contributed by atoms with Crippen LogP contribution in [0.2, 0.25) is 0 Å². The molecule has 1 aliphatic heterocycles. The van der Waals surface area contributed by atoms with Crippen molar-refractivity contribution in [2.24, 2.45) is 11.1 Å². The summed E-state index contributed by atoms with van der Waals surface area (Å²) in [6.07, 6.45) is 6.62. The lowest BCUT2D eigenvalue weighted by atomic mass is 9.67. The fourth-order valence-electron chi connectivity index (χ4n) is 3.93. The van der Waals surface area contributed by atoms with Crippen LogP contribution in [-0.2, 0) is 0 Å². The zero-order chi connectivity index (χ0) is 13.2. The number of nitrogens with two attached hydrogens (primary N) is 1. The van der Waals surface area contributed by atoms with Gasteiger partial charge in [-0.3, -0.25) is 4.90 Å². The average molecular weight is 270 g/mol. The quantitative estimate of drug-likeness (QED) is 0.854. The minimum atomic E-state index is 0.302. The molecule has 0 spiro atoms. The number of thioether (sulfide) groups is 1. The Balaban J connectivity index is 2.11. The summed E-state index contributed by atoms with van der Waals surface area (Å²) in [4.78, 5) is 2.75. The molecule has 0 aromatic rings. The Morgan fingerprint density at radius 1 is 1.33 bits per heavy atom. The summed E-state index contributed by atoms with van der Waals surface area (Å²) < 4.78 is 0. The van der Waals surface area contributed by atoms with Gasteiger partial charge in [-0.15, -0.1) is 0 Å². The lowest BCUT2D eigenvalue weighted by molar-refractivity contribution is 0.0118. The van der Waals surface area contributed by atoms with E-state index in [0.717, 1.165) is 11.8 Å². The molecule has 2 nitrogen and oxygen atoms in total. The van der Waals surface area contributed by atoms with Crippen molar-refractivity contribution in [3.05, 3.63) is 0 Å². The van der Waals surface area contributed by atoms with Crippen molar-refractivity contribution in [1.29, 1.82) is 0 Å². The topological polar surface area (TPSA) is 29.3 Å². The van der Waals surface area contributed by atoms with E-state index in [1.165, 1.54) is 50.9 Å². The van der Waals surface area contributed by atoms with E-state index < -0.39 is 0 Å².